The lowest BCUT2D eigenvalue weighted by molar-refractivity contribution is -0.127. The summed E-state index contributed by atoms with van der Waals surface area (Å²) in [5.41, 5.74) is -0.0185. The first kappa shape index (κ1) is 8.10. The quantitative estimate of drug-likeness (QED) is 0.669. The van der Waals surface area contributed by atoms with Gasteiger partial charge < -0.3 is 4.98 Å². The molecule has 2 nitrogen and oxygen atoms in total. The summed E-state index contributed by atoms with van der Waals surface area (Å²) in [6.07, 6.45) is -2.94. The molecule has 0 aliphatic carbocycles. The normalized spacial score (nSPS) is 12.0. The fourth-order valence-electron chi connectivity index (χ4n) is 0.710. The van der Waals surface area contributed by atoms with Crippen molar-refractivity contribution in [1.29, 1.82) is 0 Å². The van der Waals surface area contributed by atoms with Crippen molar-refractivity contribution in [2.45, 2.75) is 19.5 Å². The van der Waals surface area contributed by atoms with Crippen molar-refractivity contribution >= 4 is 0 Å². The minimum atomic E-state index is -4.19. The van der Waals surface area contributed by atoms with E-state index in [0.29, 0.717) is 5.82 Å². The van der Waals surface area contributed by atoms with E-state index in [1.165, 1.54) is 0 Å². The second kappa shape index (κ2) is 2.56. The predicted molar refractivity (Wildman–Crippen MR) is 31.9 cm³/mol. The number of H-pyrrole nitrogens is 1. The molecular formula is C6H6F3N2. The summed E-state index contributed by atoms with van der Waals surface area (Å²) in [4.78, 5) is 5.97. The van der Waals surface area contributed by atoms with Gasteiger partial charge in [0.05, 0.1) is 12.1 Å². The summed E-state index contributed by atoms with van der Waals surface area (Å²) in [5.74, 6) is 0.448. The molecule has 0 fully saturated rings. The number of halogens is 3. The molecule has 1 aromatic heterocycles. The van der Waals surface area contributed by atoms with E-state index in [-0.39, 0.29) is 5.69 Å². The van der Waals surface area contributed by atoms with Crippen molar-refractivity contribution < 1.29 is 13.2 Å². The zero-order valence-electron chi connectivity index (χ0n) is 5.79. The summed E-state index contributed by atoms with van der Waals surface area (Å²) < 4.78 is 35.0. The van der Waals surface area contributed by atoms with Gasteiger partial charge in [0.25, 0.3) is 0 Å². The van der Waals surface area contributed by atoms with Gasteiger partial charge in [-0.2, -0.15) is 13.2 Å². The van der Waals surface area contributed by atoms with E-state index in [2.05, 4.69) is 16.2 Å². The van der Waals surface area contributed by atoms with Crippen LogP contribution in [0.25, 0.3) is 0 Å². The Labute approximate surface area is 61.5 Å². The standard InChI is InChI=1S/C6H6F3N2/c1-4-10-3-5(11-4)2-6(7,8)9/h2H2,1H3,(H,10,11). The number of nitrogens with one attached hydrogen (secondary N) is 1. The molecule has 0 saturated heterocycles. The van der Waals surface area contributed by atoms with E-state index in [1.54, 1.807) is 6.92 Å². The Balaban J connectivity index is 2.65. The van der Waals surface area contributed by atoms with E-state index in [4.69, 9.17) is 0 Å². The van der Waals surface area contributed by atoms with E-state index < -0.39 is 12.6 Å². The molecule has 0 aromatic carbocycles. The van der Waals surface area contributed by atoms with Crippen LogP contribution in [0.5, 0.6) is 0 Å². The molecule has 5 heteroatoms. The van der Waals surface area contributed by atoms with Crippen LogP contribution in [0.4, 0.5) is 13.2 Å². The molecular weight excluding hydrogens is 157 g/mol. The maximum absolute atomic E-state index is 11.7. The van der Waals surface area contributed by atoms with Crippen LogP contribution >= 0.6 is 0 Å². The lowest BCUT2D eigenvalue weighted by atomic mass is 10.3. The van der Waals surface area contributed by atoms with Crippen molar-refractivity contribution in [3.05, 3.63) is 17.7 Å². The van der Waals surface area contributed by atoms with E-state index in [1.807, 2.05) is 0 Å². The van der Waals surface area contributed by atoms with Gasteiger partial charge in [0, 0.05) is 0 Å². The molecule has 0 unspecified atom stereocenters. The average molecular weight is 163 g/mol. The molecule has 1 rings (SSSR count). The number of hydrogen-bond acceptors (Lipinski definition) is 1. The largest absolute Gasteiger partial charge is 0.394 e. The second-order valence-corrected chi connectivity index (χ2v) is 2.20. The molecule has 1 radical (unpaired) electrons. The molecule has 0 aliphatic rings. The molecule has 0 spiro atoms. The molecule has 1 aromatic rings. The van der Waals surface area contributed by atoms with Crippen LogP contribution in [-0.2, 0) is 6.42 Å². The Bertz CT molecular complexity index is 238. The Morgan fingerprint density at radius 2 is 2.18 bits per heavy atom. The van der Waals surface area contributed by atoms with Gasteiger partial charge in [-0.25, -0.2) is 4.98 Å². The van der Waals surface area contributed by atoms with Gasteiger partial charge in [-0.15, -0.1) is 0 Å². The topological polar surface area (TPSA) is 28.7 Å². The lowest BCUT2D eigenvalue weighted by Crippen LogP contribution is -2.11. The highest BCUT2D eigenvalue weighted by atomic mass is 19.4. The van der Waals surface area contributed by atoms with Crippen molar-refractivity contribution in [3.8, 4) is 0 Å². The minimum absolute atomic E-state index is 0.0185. The highest BCUT2D eigenvalue weighted by Crippen LogP contribution is 2.19. The fraction of sp³-hybridized carbons (Fsp3) is 0.500. The first-order valence-corrected chi connectivity index (χ1v) is 2.97. The Morgan fingerprint density at radius 1 is 1.55 bits per heavy atom. The summed E-state index contributed by atoms with van der Waals surface area (Å²) in [7, 11) is 0. The van der Waals surface area contributed by atoms with Crippen LogP contribution in [0.2, 0.25) is 0 Å². The zero-order chi connectivity index (χ0) is 8.48. The Kier molecular flexibility index (Phi) is 1.89. The third kappa shape index (κ3) is 2.61. The lowest BCUT2D eigenvalue weighted by Gasteiger charge is -2.01. The molecule has 1 heterocycles. The second-order valence-electron chi connectivity index (χ2n) is 2.20. The van der Waals surface area contributed by atoms with Gasteiger partial charge in [-0.05, 0) is 6.92 Å². The third-order valence-corrected chi connectivity index (χ3v) is 1.07. The number of aromatic nitrogens is 2. The molecule has 1 N–H and O–H groups in total. The smallest absolute Gasteiger partial charge is 0.345 e. The molecule has 0 aliphatic heterocycles. The zero-order valence-corrected chi connectivity index (χ0v) is 5.79. The number of nitrogens with zero attached hydrogens (tertiary/aromatic N) is 1. The maximum Gasteiger partial charge on any atom is 0.394 e. The van der Waals surface area contributed by atoms with Crippen LogP contribution in [-0.4, -0.2) is 16.1 Å². The van der Waals surface area contributed by atoms with Gasteiger partial charge in [0.1, 0.15) is 12.0 Å². The van der Waals surface area contributed by atoms with E-state index in [9.17, 15) is 13.2 Å². The monoisotopic (exact) mass is 163 g/mol. The van der Waals surface area contributed by atoms with Gasteiger partial charge in [-0.1, -0.05) is 0 Å². The number of rotatable bonds is 1. The highest BCUT2D eigenvalue weighted by molar-refractivity contribution is 4.99. The molecule has 0 atom stereocenters. The van der Waals surface area contributed by atoms with Crippen LogP contribution in [0.3, 0.4) is 0 Å². The molecule has 61 valence electrons. The average Bonchev–Trinajstić information content (AvgIpc) is 2.10. The van der Waals surface area contributed by atoms with Crippen molar-refractivity contribution in [2.75, 3.05) is 0 Å². The van der Waals surface area contributed by atoms with E-state index >= 15 is 0 Å². The van der Waals surface area contributed by atoms with Crippen LogP contribution in [0, 0.1) is 13.1 Å². The summed E-state index contributed by atoms with van der Waals surface area (Å²) in [6.45, 7) is 1.58. The summed E-state index contributed by atoms with van der Waals surface area (Å²) in [6, 6.07) is 0. The van der Waals surface area contributed by atoms with Crippen LogP contribution in [0.1, 0.15) is 11.5 Å². The number of alkyl halides is 3. The van der Waals surface area contributed by atoms with Crippen LogP contribution in [0.15, 0.2) is 0 Å². The third-order valence-electron chi connectivity index (χ3n) is 1.07. The summed E-state index contributed by atoms with van der Waals surface area (Å²) in [5, 5.41) is 0. The van der Waals surface area contributed by atoms with Crippen LogP contribution < -0.4 is 0 Å². The number of aryl methyl sites for hydroxylation is 1. The number of imidazole rings is 1. The SMILES string of the molecule is Cc1n[c]c(CC(F)(F)F)[nH]1. The first-order valence-electron chi connectivity index (χ1n) is 2.97. The fourth-order valence-corrected chi connectivity index (χ4v) is 0.710. The molecule has 0 saturated carbocycles. The van der Waals surface area contributed by atoms with Gasteiger partial charge >= 0.3 is 6.18 Å². The summed E-state index contributed by atoms with van der Waals surface area (Å²) >= 11 is 0. The van der Waals surface area contributed by atoms with E-state index in [0.717, 1.165) is 0 Å². The number of hydrogen-bond donors (Lipinski definition) is 1. The van der Waals surface area contributed by atoms with Gasteiger partial charge in [0.2, 0.25) is 0 Å². The maximum atomic E-state index is 11.7. The Hall–Kier alpha value is -1.00. The Morgan fingerprint density at radius 3 is 2.55 bits per heavy atom. The minimum Gasteiger partial charge on any atom is -0.345 e. The first-order chi connectivity index (χ1) is 4.97. The number of aromatic amines is 1. The van der Waals surface area contributed by atoms with Crippen molar-refractivity contribution in [2.24, 2.45) is 0 Å². The van der Waals surface area contributed by atoms with Gasteiger partial charge in [0.15, 0.2) is 0 Å². The van der Waals surface area contributed by atoms with Crippen molar-refractivity contribution in [3.63, 3.8) is 0 Å². The highest BCUT2D eigenvalue weighted by Gasteiger charge is 2.28. The molecule has 11 heavy (non-hydrogen) atoms. The van der Waals surface area contributed by atoms with Gasteiger partial charge in [-0.3, -0.25) is 0 Å². The molecule has 0 amide bonds. The van der Waals surface area contributed by atoms with Crippen molar-refractivity contribution in [1.82, 2.24) is 9.97 Å². The molecule has 0 bridgehead atoms. The predicted octanol–water partition coefficient (Wildman–Crippen LogP) is 1.62.